The number of benzene rings is 1. The average molecular weight is 158 g/mol. The van der Waals surface area contributed by atoms with Gasteiger partial charge in [0.05, 0.1) is 0 Å². The van der Waals surface area contributed by atoms with E-state index in [0.29, 0.717) is 5.02 Å². The predicted molar refractivity (Wildman–Crippen MR) is 38.6 cm³/mol. The molecule has 0 atom stereocenters. The Hall–Kier alpha value is -1.09. The molecule has 4 heteroatoms. The number of hydrogen-bond acceptors (Lipinski definition) is 3. The maximum Gasteiger partial charge on any atom is 0.149 e. The Morgan fingerprint density at radius 2 is 2.20 bits per heavy atom. The summed E-state index contributed by atoms with van der Waals surface area (Å²) in [5.41, 5.74) is 0.00407. The van der Waals surface area contributed by atoms with Gasteiger partial charge in [-0.3, -0.25) is 0 Å². The van der Waals surface area contributed by atoms with Crippen LogP contribution in [0.1, 0.15) is 0 Å². The van der Waals surface area contributed by atoms with E-state index in [4.69, 9.17) is 16.7 Å². The first kappa shape index (κ1) is 7.02. The van der Waals surface area contributed by atoms with Crippen LogP contribution in [0.2, 0.25) is 5.02 Å². The molecule has 0 unspecified atom stereocenters. The fourth-order valence-electron chi connectivity index (χ4n) is 0.574. The van der Waals surface area contributed by atoms with Gasteiger partial charge in [-0.05, 0) is 17.3 Å². The monoisotopic (exact) mass is 157 g/mol. The largest absolute Gasteiger partial charge is 0.505 e. The third-order valence-corrected chi connectivity index (χ3v) is 1.27. The molecule has 1 aromatic rings. The van der Waals surface area contributed by atoms with Gasteiger partial charge in [0.2, 0.25) is 0 Å². The average Bonchev–Trinajstić information content (AvgIpc) is 1.88. The van der Waals surface area contributed by atoms with Crippen LogP contribution in [0.15, 0.2) is 23.4 Å². The van der Waals surface area contributed by atoms with Gasteiger partial charge in [-0.1, -0.05) is 11.6 Å². The van der Waals surface area contributed by atoms with E-state index < -0.39 is 0 Å². The molecule has 0 aliphatic rings. The second-order valence-corrected chi connectivity index (χ2v) is 2.16. The van der Waals surface area contributed by atoms with Crippen LogP contribution >= 0.6 is 11.6 Å². The van der Waals surface area contributed by atoms with E-state index >= 15 is 0 Å². The summed E-state index contributed by atoms with van der Waals surface area (Å²) in [6.07, 6.45) is 0. The van der Waals surface area contributed by atoms with E-state index in [0.717, 1.165) is 0 Å². The van der Waals surface area contributed by atoms with Crippen LogP contribution in [0, 0.1) is 4.91 Å². The number of halogens is 1. The van der Waals surface area contributed by atoms with E-state index in [1.54, 1.807) is 0 Å². The zero-order chi connectivity index (χ0) is 7.56. The number of phenols is 1. The molecular weight excluding hydrogens is 154 g/mol. The molecule has 0 aliphatic heterocycles. The Labute approximate surface area is 62.2 Å². The highest BCUT2D eigenvalue weighted by Gasteiger charge is 1.99. The molecule has 1 rings (SSSR count). The van der Waals surface area contributed by atoms with Crippen molar-refractivity contribution in [2.24, 2.45) is 5.18 Å². The molecule has 0 amide bonds. The molecule has 0 aromatic heterocycles. The fourth-order valence-corrected chi connectivity index (χ4v) is 0.740. The zero-order valence-corrected chi connectivity index (χ0v) is 5.67. The van der Waals surface area contributed by atoms with Gasteiger partial charge in [-0.25, -0.2) is 0 Å². The third-order valence-electron chi connectivity index (χ3n) is 1.04. The Morgan fingerprint density at radius 3 is 2.70 bits per heavy atom. The second kappa shape index (κ2) is 2.66. The Morgan fingerprint density at radius 1 is 1.50 bits per heavy atom. The van der Waals surface area contributed by atoms with Crippen LogP contribution < -0.4 is 0 Å². The maximum absolute atomic E-state index is 9.89. The Kier molecular flexibility index (Phi) is 1.87. The zero-order valence-electron chi connectivity index (χ0n) is 4.91. The number of hydrogen-bond donors (Lipinski definition) is 1. The molecule has 1 N–H and O–H groups in total. The molecule has 10 heavy (non-hydrogen) atoms. The molecule has 0 bridgehead atoms. The molecule has 0 heterocycles. The van der Waals surface area contributed by atoms with E-state index in [-0.39, 0.29) is 11.4 Å². The molecule has 0 saturated heterocycles. The molecule has 3 nitrogen and oxygen atoms in total. The minimum Gasteiger partial charge on any atom is -0.505 e. The summed E-state index contributed by atoms with van der Waals surface area (Å²) in [5.74, 6) is -0.192. The Balaban J connectivity index is 3.19. The maximum atomic E-state index is 9.89. The molecular formula is C6H4ClNO2. The summed E-state index contributed by atoms with van der Waals surface area (Å²) in [5, 5.41) is 11.8. The molecule has 0 saturated carbocycles. The number of phenolic OH excluding ortho intramolecular Hbond substituents is 1. The van der Waals surface area contributed by atoms with Crippen molar-refractivity contribution >= 4 is 17.3 Å². The van der Waals surface area contributed by atoms with Crippen LogP contribution in [0.5, 0.6) is 5.75 Å². The lowest BCUT2D eigenvalue weighted by atomic mass is 10.3. The number of aromatic hydroxyl groups is 1. The van der Waals surface area contributed by atoms with Crippen LogP contribution in [-0.2, 0) is 0 Å². The summed E-state index contributed by atoms with van der Waals surface area (Å²) < 4.78 is 0. The van der Waals surface area contributed by atoms with Crippen molar-refractivity contribution < 1.29 is 5.11 Å². The van der Waals surface area contributed by atoms with E-state index in [2.05, 4.69) is 5.18 Å². The molecule has 0 radical (unpaired) electrons. The highest BCUT2D eigenvalue weighted by Crippen LogP contribution is 2.28. The third kappa shape index (κ3) is 1.25. The topological polar surface area (TPSA) is 49.7 Å². The Bertz CT molecular complexity index is 262. The summed E-state index contributed by atoms with van der Waals surface area (Å²) >= 11 is 5.47. The van der Waals surface area contributed by atoms with E-state index in [9.17, 15) is 4.91 Å². The quantitative estimate of drug-likeness (QED) is 0.637. The minimum absolute atomic E-state index is 0.00407. The first-order valence-corrected chi connectivity index (χ1v) is 2.93. The van der Waals surface area contributed by atoms with Crippen molar-refractivity contribution in [2.45, 2.75) is 0 Å². The highest BCUT2D eigenvalue weighted by atomic mass is 35.5. The van der Waals surface area contributed by atoms with Crippen LogP contribution in [0.4, 0.5) is 5.69 Å². The highest BCUT2D eigenvalue weighted by molar-refractivity contribution is 6.30. The minimum atomic E-state index is -0.192. The molecule has 52 valence electrons. The molecule has 0 spiro atoms. The van der Waals surface area contributed by atoms with E-state index in [1.165, 1.54) is 18.2 Å². The van der Waals surface area contributed by atoms with Crippen molar-refractivity contribution in [2.75, 3.05) is 0 Å². The summed E-state index contributed by atoms with van der Waals surface area (Å²) in [6.45, 7) is 0. The van der Waals surface area contributed by atoms with Crippen LogP contribution in [0.3, 0.4) is 0 Å². The predicted octanol–water partition coefficient (Wildman–Crippen LogP) is 2.44. The first-order valence-electron chi connectivity index (χ1n) is 2.56. The lowest BCUT2D eigenvalue weighted by Crippen LogP contribution is -1.66. The van der Waals surface area contributed by atoms with Gasteiger partial charge in [0, 0.05) is 11.1 Å². The number of nitroso groups, excluding NO2 is 1. The van der Waals surface area contributed by atoms with Gasteiger partial charge in [-0.2, -0.15) is 0 Å². The van der Waals surface area contributed by atoms with Crippen molar-refractivity contribution in [1.82, 2.24) is 0 Å². The second-order valence-electron chi connectivity index (χ2n) is 1.72. The molecule has 1 aromatic carbocycles. The number of nitrogens with zero attached hydrogens (tertiary/aromatic N) is 1. The fraction of sp³-hybridized carbons (Fsp3) is 0. The SMILES string of the molecule is O=Nc1ccc(Cl)cc1O. The van der Waals surface area contributed by atoms with Gasteiger partial charge in [0.1, 0.15) is 11.4 Å². The van der Waals surface area contributed by atoms with Crippen LogP contribution in [-0.4, -0.2) is 5.11 Å². The van der Waals surface area contributed by atoms with Crippen molar-refractivity contribution in [3.8, 4) is 5.75 Å². The van der Waals surface area contributed by atoms with Gasteiger partial charge in [0.15, 0.2) is 0 Å². The normalized spacial score (nSPS) is 9.30. The van der Waals surface area contributed by atoms with Crippen molar-refractivity contribution in [1.29, 1.82) is 0 Å². The summed E-state index contributed by atoms with van der Waals surface area (Å²) in [4.78, 5) is 9.89. The lowest BCUT2D eigenvalue weighted by Gasteiger charge is -1.93. The summed E-state index contributed by atoms with van der Waals surface area (Å²) in [7, 11) is 0. The van der Waals surface area contributed by atoms with Gasteiger partial charge >= 0.3 is 0 Å². The van der Waals surface area contributed by atoms with Gasteiger partial charge in [-0.15, -0.1) is 4.91 Å². The van der Waals surface area contributed by atoms with Crippen molar-refractivity contribution in [3.63, 3.8) is 0 Å². The molecule has 0 aliphatic carbocycles. The first-order chi connectivity index (χ1) is 4.74. The van der Waals surface area contributed by atoms with Crippen molar-refractivity contribution in [3.05, 3.63) is 28.1 Å². The standard InChI is InChI=1S/C6H4ClNO2/c7-4-1-2-5(8-10)6(9)3-4/h1-3,9H. The van der Waals surface area contributed by atoms with Gasteiger partial charge < -0.3 is 5.11 Å². The smallest absolute Gasteiger partial charge is 0.149 e. The van der Waals surface area contributed by atoms with Crippen LogP contribution in [0.25, 0.3) is 0 Å². The number of rotatable bonds is 1. The van der Waals surface area contributed by atoms with Gasteiger partial charge in [0.25, 0.3) is 0 Å². The van der Waals surface area contributed by atoms with E-state index in [1.807, 2.05) is 0 Å². The molecule has 0 fully saturated rings. The summed E-state index contributed by atoms with van der Waals surface area (Å²) in [6, 6.07) is 4.10. The lowest BCUT2D eigenvalue weighted by molar-refractivity contribution is 0.477.